The van der Waals surface area contributed by atoms with E-state index >= 15 is 0 Å². The maximum atomic E-state index is 6.78. The molecule has 0 saturated carbocycles. The van der Waals surface area contributed by atoms with Crippen LogP contribution < -0.4 is 0 Å². The molecular formula is C50H28N4O2S. The van der Waals surface area contributed by atoms with Crippen LogP contribution in [0.1, 0.15) is 0 Å². The number of hydrogen-bond acceptors (Lipinski definition) is 7. The lowest BCUT2D eigenvalue weighted by atomic mass is 9.98. The van der Waals surface area contributed by atoms with Crippen LogP contribution >= 0.6 is 11.3 Å². The van der Waals surface area contributed by atoms with Gasteiger partial charge in [0.25, 0.3) is 0 Å². The fourth-order valence-electron chi connectivity index (χ4n) is 8.12. The summed E-state index contributed by atoms with van der Waals surface area (Å²) in [5.41, 5.74) is 8.68. The van der Waals surface area contributed by atoms with Gasteiger partial charge >= 0.3 is 0 Å². The van der Waals surface area contributed by atoms with Crippen LogP contribution in [0.2, 0.25) is 0 Å². The molecule has 0 aliphatic heterocycles. The van der Waals surface area contributed by atoms with Gasteiger partial charge in [0.05, 0.1) is 5.39 Å². The van der Waals surface area contributed by atoms with Crippen molar-refractivity contribution in [3.63, 3.8) is 0 Å². The number of furan rings is 1. The van der Waals surface area contributed by atoms with E-state index in [1.165, 1.54) is 20.2 Å². The molecule has 12 aromatic rings. The van der Waals surface area contributed by atoms with Gasteiger partial charge in [-0.05, 0) is 59.0 Å². The fraction of sp³-hybridized carbons (Fsp3) is 0. The highest BCUT2D eigenvalue weighted by molar-refractivity contribution is 7.25. The zero-order valence-corrected chi connectivity index (χ0v) is 31.0. The highest BCUT2D eigenvalue weighted by Gasteiger charge is 2.22. The van der Waals surface area contributed by atoms with Crippen LogP contribution in [-0.2, 0) is 0 Å². The Morgan fingerprint density at radius 2 is 1.07 bits per heavy atom. The molecule has 7 heteroatoms. The Labute approximate surface area is 329 Å². The third-order valence-electron chi connectivity index (χ3n) is 10.8. The molecule has 4 aromatic heterocycles. The molecule has 0 N–H and O–H groups in total. The van der Waals surface area contributed by atoms with Crippen LogP contribution in [0.3, 0.4) is 0 Å². The van der Waals surface area contributed by atoms with Crippen molar-refractivity contribution >= 4 is 75.3 Å². The molecule has 0 spiro atoms. The minimum absolute atomic E-state index is 0.559. The Morgan fingerprint density at radius 1 is 0.386 bits per heavy atom. The molecule has 0 radical (unpaired) electrons. The summed E-state index contributed by atoms with van der Waals surface area (Å²) < 4.78 is 15.7. The van der Waals surface area contributed by atoms with Gasteiger partial charge in [-0.1, -0.05) is 127 Å². The summed E-state index contributed by atoms with van der Waals surface area (Å²) in [5.74, 6) is 2.33. The maximum absolute atomic E-state index is 6.78. The molecule has 0 aliphatic carbocycles. The summed E-state index contributed by atoms with van der Waals surface area (Å²) in [7, 11) is 0. The van der Waals surface area contributed by atoms with E-state index in [9.17, 15) is 0 Å². The number of hydrogen-bond donors (Lipinski definition) is 0. The van der Waals surface area contributed by atoms with Crippen molar-refractivity contribution in [2.45, 2.75) is 0 Å². The zero-order chi connectivity index (χ0) is 37.5. The van der Waals surface area contributed by atoms with Crippen LogP contribution in [0, 0.1) is 0 Å². The number of thiophene rings is 1. The normalized spacial score (nSPS) is 11.9. The number of fused-ring (bicyclic) bond motifs is 10. The molecule has 0 amide bonds. The SMILES string of the molecule is c1ccc(-c2nc3ccc4oc5c(ccc6cccc(-c7nc(-c8ccc9c(c8)sc8ccccc89)nc(-c8ccccc8-c8ccccc8)n7)c65)c4c3o2)cc1. The Hall–Kier alpha value is -7.48. The first-order valence-electron chi connectivity index (χ1n) is 18.8. The minimum Gasteiger partial charge on any atom is -0.455 e. The monoisotopic (exact) mass is 748 g/mol. The molecule has 0 unspecified atom stereocenters. The number of oxazole rings is 1. The summed E-state index contributed by atoms with van der Waals surface area (Å²) >= 11 is 1.78. The van der Waals surface area contributed by atoms with Gasteiger partial charge in [-0.3, -0.25) is 0 Å². The summed E-state index contributed by atoms with van der Waals surface area (Å²) in [6.07, 6.45) is 0. The first kappa shape index (κ1) is 31.8. The number of nitrogens with zero attached hydrogens (tertiary/aromatic N) is 4. The van der Waals surface area contributed by atoms with E-state index < -0.39 is 0 Å². The van der Waals surface area contributed by atoms with E-state index in [1.807, 2.05) is 54.6 Å². The maximum Gasteiger partial charge on any atom is 0.227 e. The van der Waals surface area contributed by atoms with Crippen molar-refractivity contribution < 1.29 is 8.83 Å². The van der Waals surface area contributed by atoms with Gasteiger partial charge in [0.1, 0.15) is 16.7 Å². The second-order valence-electron chi connectivity index (χ2n) is 14.1. The minimum atomic E-state index is 0.559. The molecule has 57 heavy (non-hydrogen) atoms. The van der Waals surface area contributed by atoms with E-state index in [0.29, 0.717) is 28.9 Å². The Balaban J connectivity index is 1.11. The van der Waals surface area contributed by atoms with E-state index in [-0.39, 0.29) is 0 Å². The van der Waals surface area contributed by atoms with Crippen LogP contribution in [0.15, 0.2) is 179 Å². The van der Waals surface area contributed by atoms with Gasteiger partial charge in [0, 0.05) is 53.2 Å². The number of aromatic nitrogens is 4. The topological polar surface area (TPSA) is 77.8 Å². The van der Waals surface area contributed by atoms with Crippen molar-refractivity contribution in [1.29, 1.82) is 0 Å². The van der Waals surface area contributed by atoms with Crippen molar-refractivity contribution in [2.75, 3.05) is 0 Å². The number of rotatable bonds is 5. The van der Waals surface area contributed by atoms with Crippen LogP contribution in [0.25, 0.3) is 121 Å². The molecule has 12 rings (SSSR count). The third-order valence-corrected chi connectivity index (χ3v) is 11.9. The van der Waals surface area contributed by atoms with Gasteiger partial charge < -0.3 is 8.83 Å². The molecule has 6 nitrogen and oxygen atoms in total. The Bertz CT molecular complexity index is 3530. The van der Waals surface area contributed by atoms with Gasteiger partial charge in [0.15, 0.2) is 23.1 Å². The second kappa shape index (κ2) is 12.5. The third kappa shape index (κ3) is 5.10. The lowest BCUT2D eigenvalue weighted by Crippen LogP contribution is -2.01. The predicted molar refractivity (Wildman–Crippen MR) is 232 cm³/mol. The van der Waals surface area contributed by atoms with E-state index in [0.717, 1.165) is 71.6 Å². The van der Waals surface area contributed by atoms with E-state index in [4.69, 9.17) is 28.8 Å². The van der Waals surface area contributed by atoms with E-state index in [1.54, 1.807) is 11.3 Å². The molecule has 4 heterocycles. The molecule has 266 valence electrons. The highest BCUT2D eigenvalue weighted by atomic mass is 32.1. The van der Waals surface area contributed by atoms with Gasteiger partial charge in [0.2, 0.25) is 5.89 Å². The first-order chi connectivity index (χ1) is 28.2. The van der Waals surface area contributed by atoms with Gasteiger partial charge in [-0.25, -0.2) is 19.9 Å². The molecule has 0 fully saturated rings. The predicted octanol–water partition coefficient (Wildman–Crippen LogP) is 13.8. The van der Waals surface area contributed by atoms with Crippen molar-refractivity contribution in [1.82, 2.24) is 19.9 Å². The highest BCUT2D eigenvalue weighted by Crippen LogP contribution is 2.43. The molecule has 0 aliphatic rings. The molecule has 0 bridgehead atoms. The van der Waals surface area contributed by atoms with Crippen LogP contribution in [-0.4, -0.2) is 19.9 Å². The quantitative estimate of drug-likeness (QED) is 0.174. The summed E-state index contributed by atoms with van der Waals surface area (Å²) in [6, 6.07) is 58.1. The summed E-state index contributed by atoms with van der Waals surface area (Å²) in [6.45, 7) is 0. The van der Waals surface area contributed by atoms with Crippen molar-refractivity contribution in [3.8, 4) is 56.7 Å². The van der Waals surface area contributed by atoms with Crippen LogP contribution in [0.5, 0.6) is 0 Å². The van der Waals surface area contributed by atoms with Gasteiger partial charge in [-0.15, -0.1) is 11.3 Å². The second-order valence-corrected chi connectivity index (χ2v) is 15.2. The number of benzene rings is 8. The summed E-state index contributed by atoms with van der Waals surface area (Å²) in [4.78, 5) is 20.6. The van der Waals surface area contributed by atoms with Crippen LogP contribution in [0.4, 0.5) is 0 Å². The largest absolute Gasteiger partial charge is 0.455 e. The lowest BCUT2D eigenvalue weighted by molar-refractivity contribution is 0.622. The average molecular weight is 749 g/mol. The zero-order valence-electron chi connectivity index (χ0n) is 30.2. The average Bonchev–Trinajstić information content (AvgIpc) is 4.00. The van der Waals surface area contributed by atoms with E-state index in [2.05, 4.69) is 115 Å². The fourth-order valence-corrected chi connectivity index (χ4v) is 9.27. The molecule has 0 atom stereocenters. The lowest BCUT2D eigenvalue weighted by Gasteiger charge is -2.13. The van der Waals surface area contributed by atoms with Gasteiger partial charge in [-0.2, -0.15) is 0 Å². The summed E-state index contributed by atoms with van der Waals surface area (Å²) in [5, 5.41) is 6.23. The Kier molecular flexibility index (Phi) is 7.00. The van der Waals surface area contributed by atoms with Crippen molar-refractivity contribution in [3.05, 3.63) is 170 Å². The van der Waals surface area contributed by atoms with Crippen molar-refractivity contribution in [2.24, 2.45) is 0 Å². The first-order valence-corrected chi connectivity index (χ1v) is 19.6. The molecule has 0 saturated heterocycles. The molecule has 8 aromatic carbocycles. The molecular weight excluding hydrogens is 721 g/mol. The standard InChI is InChI=1S/C50H28N4O2S/c1-3-12-29(13-4-1)33-17-7-8-19-36(33)48-52-47(32-23-24-35-34-18-9-10-21-41(34)57-42(35)28-32)53-49(54-48)38-20-11-16-30-22-25-37-44-40(55-45(37)43(30)38)27-26-39-46(44)56-50(51-39)31-14-5-2-6-15-31/h1-28H. The Morgan fingerprint density at radius 3 is 1.93 bits per heavy atom. The smallest absolute Gasteiger partial charge is 0.227 e.